The molecule has 0 rings (SSSR count). The zero-order chi connectivity index (χ0) is 8.74. The molecular formula is C10H21F. The van der Waals surface area contributed by atoms with E-state index in [1.807, 2.05) is 0 Å². The number of alkyl halides is 1. The first kappa shape index (κ1) is 10.9. The van der Waals surface area contributed by atoms with Crippen LogP contribution in [-0.4, -0.2) is 5.67 Å². The maximum atomic E-state index is 13.5. The first-order valence-electron chi connectivity index (χ1n) is 4.81. The summed E-state index contributed by atoms with van der Waals surface area (Å²) in [4.78, 5) is 0. The summed E-state index contributed by atoms with van der Waals surface area (Å²) in [6.45, 7) is 5.95. The highest BCUT2D eigenvalue weighted by atomic mass is 19.1. The Labute approximate surface area is 70.2 Å². The Morgan fingerprint density at radius 3 is 1.64 bits per heavy atom. The molecule has 0 heterocycles. The number of rotatable bonds is 6. The minimum absolute atomic E-state index is 0.740. The maximum absolute atomic E-state index is 13.5. The predicted molar refractivity (Wildman–Crippen MR) is 48.6 cm³/mol. The lowest BCUT2D eigenvalue weighted by atomic mass is 9.95. The smallest absolute Gasteiger partial charge is 0.108 e. The Morgan fingerprint density at radius 2 is 1.36 bits per heavy atom. The van der Waals surface area contributed by atoms with Gasteiger partial charge in [0, 0.05) is 0 Å². The minimum Gasteiger partial charge on any atom is -0.244 e. The molecule has 11 heavy (non-hydrogen) atoms. The zero-order valence-corrected chi connectivity index (χ0v) is 8.12. The van der Waals surface area contributed by atoms with E-state index in [4.69, 9.17) is 0 Å². The minimum atomic E-state index is -0.897. The Morgan fingerprint density at radius 1 is 1.00 bits per heavy atom. The normalized spacial score (nSPS) is 12.0. The van der Waals surface area contributed by atoms with Gasteiger partial charge < -0.3 is 0 Å². The molecule has 0 N–H and O–H groups in total. The first-order valence-corrected chi connectivity index (χ1v) is 4.81. The Balaban J connectivity index is 3.43. The first-order chi connectivity index (χ1) is 5.12. The molecule has 0 amide bonds. The van der Waals surface area contributed by atoms with Gasteiger partial charge in [-0.05, 0) is 19.8 Å². The van der Waals surface area contributed by atoms with Crippen molar-refractivity contribution < 1.29 is 4.39 Å². The van der Waals surface area contributed by atoms with Crippen LogP contribution in [0.3, 0.4) is 0 Å². The molecule has 0 aliphatic heterocycles. The summed E-state index contributed by atoms with van der Waals surface area (Å²) in [7, 11) is 0. The van der Waals surface area contributed by atoms with Crippen LogP contribution in [-0.2, 0) is 0 Å². The lowest BCUT2D eigenvalue weighted by Crippen LogP contribution is -2.17. The second-order valence-corrected chi connectivity index (χ2v) is 3.62. The quantitative estimate of drug-likeness (QED) is 0.549. The summed E-state index contributed by atoms with van der Waals surface area (Å²) in [6.07, 6.45) is 5.73. The van der Waals surface area contributed by atoms with E-state index in [0.717, 1.165) is 38.5 Å². The van der Waals surface area contributed by atoms with Crippen molar-refractivity contribution in [3.05, 3.63) is 0 Å². The van der Waals surface area contributed by atoms with E-state index in [-0.39, 0.29) is 0 Å². The highest BCUT2D eigenvalue weighted by Crippen LogP contribution is 2.24. The van der Waals surface area contributed by atoms with E-state index >= 15 is 0 Å². The van der Waals surface area contributed by atoms with Gasteiger partial charge in [-0.3, -0.25) is 0 Å². The SMILES string of the molecule is CCCCC(C)(F)CCCC. The van der Waals surface area contributed by atoms with Gasteiger partial charge in [0.1, 0.15) is 5.67 Å². The van der Waals surface area contributed by atoms with Crippen molar-refractivity contribution in [1.82, 2.24) is 0 Å². The van der Waals surface area contributed by atoms with Gasteiger partial charge in [-0.2, -0.15) is 0 Å². The number of halogens is 1. The van der Waals surface area contributed by atoms with E-state index in [9.17, 15) is 4.39 Å². The average Bonchev–Trinajstić information content (AvgIpc) is 1.97. The Bertz CT molecular complexity index is 76.9. The molecule has 0 aromatic rings. The summed E-state index contributed by atoms with van der Waals surface area (Å²) < 4.78 is 13.5. The molecule has 0 saturated heterocycles. The second-order valence-electron chi connectivity index (χ2n) is 3.62. The molecule has 0 radical (unpaired) electrons. The van der Waals surface area contributed by atoms with Crippen molar-refractivity contribution in [3.8, 4) is 0 Å². The Hall–Kier alpha value is -0.0700. The molecule has 0 nitrogen and oxygen atoms in total. The van der Waals surface area contributed by atoms with Gasteiger partial charge in [-0.1, -0.05) is 39.5 Å². The number of hydrogen-bond acceptors (Lipinski definition) is 0. The van der Waals surface area contributed by atoms with Crippen LogP contribution in [0, 0.1) is 0 Å². The molecule has 0 unspecified atom stereocenters. The highest BCUT2D eigenvalue weighted by Gasteiger charge is 2.20. The van der Waals surface area contributed by atoms with Crippen molar-refractivity contribution in [3.63, 3.8) is 0 Å². The van der Waals surface area contributed by atoms with E-state index in [0.29, 0.717) is 0 Å². The van der Waals surface area contributed by atoms with E-state index in [1.165, 1.54) is 0 Å². The molecule has 0 bridgehead atoms. The standard InChI is InChI=1S/C10H21F/c1-4-6-8-10(3,11)9-7-5-2/h4-9H2,1-3H3. The summed E-state index contributed by atoms with van der Waals surface area (Å²) in [5.41, 5.74) is -0.897. The Kier molecular flexibility index (Phi) is 5.53. The number of unbranched alkanes of at least 4 members (excludes halogenated alkanes) is 2. The van der Waals surface area contributed by atoms with Gasteiger partial charge in [0.25, 0.3) is 0 Å². The monoisotopic (exact) mass is 160 g/mol. The fraction of sp³-hybridized carbons (Fsp3) is 1.00. The maximum Gasteiger partial charge on any atom is 0.108 e. The molecule has 0 aliphatic carbocycles. The molecule has 0 aliphatic rings. The van der Waals surface area contributed by atoms with Crippen LogP contribution in [0.2, 0.25) is 0 Å². The van der Waals surface area contributed by atoms with Crippen molar-refractivity contribution in [2.45, 2.75) is 65.0 Å². The van der Waals surface area contributed by atoms with Crippen LogP contribution >= 0.6 is 0 Å². The molecule has 0 aromatic carbocycles. The van der Waals surface area contributed by atoms with E-state index in [2.05, 4.69) is 13.8 Å². The summed E-state index contributed by atoms with van der Waals surface area (Å²) in [6, 6.07) is 0. The van der Waals surface area contributed by atoms with Crippen LogP contribution in [0.5, 0.6) is 0 Å². The van der Waals surface area contributed by atoms with Crippen LogP contribution in [0.4, 0.5) is 4.39 Å². The van der Waals surface area contributed by atoms with Gasteiger partial charge in [-0.15, -0.1) is 0 Å². The molecule has 0 atom stereocenters. The number of hydrogen-bond donors (Lipinski definition) is 0. The molecule has 1 heteroatoms. The molecule has 0 aromatic heterocycles. The van der Waals surface area contributed by atoms with Crippen molar-refractivity contribution in [2.75, 3.05) is 0 Å². The largest absolute Gasteiger partial charge is 0.244 e. The molecular weight excluding hydrogens is 139 g/mol. The fourth-order valence-corrected chi connectivity index (χ4v) is 1.22. The third-order valence-corrected chi connectivity index (χ3v) is 2.10. The lowest BCUT2D eigenvalue weighted by molar-refractivity contribution is 0.153. The van der Waals surface area contributed by atoms with Crippen LogP contribution in [0.15, 0.2) is 0 Å². The molecule has 0 saturated carbocycles. The second kappa shape index (κ2) is 5.56. The molecule has 0 spiro atoms. The van der Waals surface area contributed by atoms with Crippen LogP contribution in [0.25, 0.3) is 0 Å². The van der Waals surface area contributed by atoms with E-state index in [1.54, 1.807) is 6.92 Å². The third-order valence-electron chi connectivity index (χ3n) is 2.10. The molecule has 0 fully saturated rings. The van der Waals surface area contributed by atoms with Gasteiger partial charge in [0.05, 0.1) is 0 Å². The van der Waals surface area contributed by atoms with Gasteiger partial charge in [0.15, 0.2) is 0 Å². The summed E-state index contributed by atoms with van der Waals surface area (Å²) in [5.74, 6) is 0. The topological polar surface area (TPSA) is 0 Å². The third kappa shape index (κ3) is 6.33. The van der Waals surface area contributed by atoms with Crippen LogP contribution < -0.4 is 0 Å². The summed E-state index contributed by atoms with van der Waals surface area (Å²) in [5, 5.41) is 0. The van der Waals surface area contributed by atoms with Crippen molar-refractivity contribution in [2.24, 2.45) is 0 Å². The van der Waals surface area contributed by atoms with Crippen molar-refractivity contribution >= 4 is 0 Å². The zero-order valence-electron chi connectivity index (χ0n) is 8.12. The fourth-order valence-electron chi connectivity index (χ4n) is 1.22. The van der Waals surface area contributed by atoms with Gasteiger partial charge >= 0.3 is 0 Å². The molecule has 68 valence electrons. The van der Waals surface area contributed by atoms with Gasteiger partial charge in [0.2, 0.25) is 0 Å². The van der Waals surface area contributed by atoms with Gasteiger partial charge in [-0.25, -0.2) is 4.39 Å². The average molecular weight is 160 g/mol. The highest BCUT2D eigenvalue weighted by molar-refractivity contribution is 4.72. The van der Waals surface area contributed by atoms with Crippen molar-refractivity contribution in [1.29, 1.82) is 0 Å². The van der Waals surface area contributed by atoms with E-state index < -0.39 is 5.67 Å². The van der Waals surface area contributed by atoms with Crippen LogP contribution in [0.1, 0.15) is 59.3 Å². The lowest BCUT2D eigenvalue weighted by Gasteiger charge is -2.19. The predicted octanol–water partition coefficient (Wildman–Crippen LogP) is 4.10. The summed E-state index contributed by atoms with van der Waals surface area (Å²) >= 11 is 0.